The third kappa shape index (κ3) is 31.7. The molecule has 1 aliphatic rings. The van der Waals surface area contributed by atoms with Crippen molar-refractivity contribution in [2.45, 2.75) is 314 Å². The summed E-state index contributed by atoms with van der Waals surface area (Å²) in [5.74, 6) is -0.201. The van der Waals surface area contributed by atoms with Gasteiger partial charge in [0.15, 0.2) is 6.29 Å². The molecular weight excluding hydrogens is 927 g/mol. The molecule has 2 aromatic rings. The van der Waals surface area contributed by atoms with E-state index in [4.69, 9.17) is 18.9 Å². The van der Waals surface area contributed by atoms with Gasteiger partial charge >= 0.3 is 0 Å². The second-order valence-corrected chi connectivity index (χ2v) is 22.0. The highest BCUT2D eigenvalue weighted by Gasteiger charge is 2.48. The van der Waals surface area contributed by atoms with E-state index in [9.17, 15) is 25.2 Å². The minimum atomic E-state index is -1.29. The largest absolute Gasteiger partial charge is 0.394 e. The molecule has 0 aliphatic carbocycles. The number of carbonyl (C=O) groups excluding carboxylic acids is 1. The molecule has 426 valence electrons. The number of aliphatic hydroxyl groups is 4. The Bertz CT molecular complexity index is 1540. The van der Waals surface area contributed by atoms with E-state index in [0.717, 1.165) is 49.7 Å². The van der Waals surface area contributed by atoms with Crippen LogP contribution in [0.1, 0.15) is 263 Å². The van der Waals surface area contributed by atoms with Crippen molar-refractivity contribution >= 4 is 5.91 Å². The Labute approximate surface area is 452 Å². The van der Waals surface area contributed by atoms with Crippen LogP contribution in [0.2, 0.25) is 0 Å². The molecule has 1 amide bonds. The fourth-order valence-corrected chi connectivity index (χ4v) is 10.5. The number of hydrogen-bond donors (Lipinski definition) is 5. The summed E-state index contributed by atoms with van der Waals surface area (Å²) in [4.78, 5) is 13.6. The minimum absolute atomic E-state index is 0.177. The average molecular weight is 1040 g/mol. The Balaban J connectivity index is 1.45. The maximum Gasteiger partial charge on any atom is 0.220 e. The number of ether oxygens (including phenoxy) is 4. The van der Waals surface area contributed by atoms with Crippen molar-refractivity contribution in [1.82, 2.24) is 5.32 Å². The first kappa shape index (κ1) is 65.9. The normalized spacial score (nSPS) is 19.1. The van der Waals surface area contributed by atoms with Crippen LogP contribution in [0.15, 0.2) is 60.7 Å². The molecule has 0 bridgehead atoms. The SMILES string of the molecule is CCCCCCCCCCCCCCCCCCCCCCCCCC(=O)N[C@@H](CO[C@H]1OC(CO)[C@H](O)C(OCc2ccccc2)C1OCc1ccccc1)[C@H](O)[C@H](O)CCCCCCCCCCCCCC. The zero-order chi connectivity index (χ0) is 52.9. The van der Waals surface area contributed by atoms with Crippen LogP contribution >= 0.6 is 0 Å². The van der Waals surface area contributed by atoms with Gasteiger partial charge < -0.3 is 44.7 Å². The predicted octanol–water partition coefficient (Wildman–Crippen LogP) is 14.9. The third-order valence-corrected chi connectivity index (χ3v) is 15.3. The topological polar surface area (TPSA) is 147 Å². The monoisotopic (exact) mass is 1040 g/mol. The summed E-state index contributed by atoms with van der Waals surface area (Å²) in [7, 11) is 0. The van der Waals surface area contributed by atoms with Crippen LogP contribution in [-0.2, 0) is 37.0 Å². The second-order valence-electron chi connectivity index (χ2n) is 22.0. The van der Waals surface area contributed by atoms with Gasteiger partial charge in [-0.05, 0) is 24.0 Å². The van der Waals surface area contributed by atoms with Crippen LogP contribution in [0.25, 0.3) is 0 Å². The summed E-state index contributed by atoms with van der Waals surface area (Å²) in [5.41, 5.74) is 1.80. The molecule has 0 saturated carbocycles. The zero-order valence-corrected chi connectivity index (χ0v) is 47.2. The van der Waals surface area contributed by atoms with E-state index in [0.29, 0.717) is 12.8 Å². The molecule has 0 spiro atoms. The van der Waals surface area contributed by atoms with E-state index in [2.05, 4.69) is 19.2 Å². The lowest BCUT2D eigenvalue weighted by Crippen LogP contribution is -2.61. The molecule has 1 aliphatic heterocycles. The smallest absolute Gasteiger partial charge is 0.220 e. The van der Waals surface area contributed by atoms with Gasteiger partial charge in [-0.1, -0.05) is 293 Å². The lowest BCUT2D eigenvalue weighted by Gasteiger charge is -2.44. The molecule has 10 nitrogen and oxygen atoms in total. The Morgan fingerprint density at radius 2 is 0.878 bits per heavy atom. The van der Waals surface area contributed by atoms with E-state index in [-0.39, 0.29) is 25.7 Å². The summed E-state index contributed by atoms with van der Waals surface area (Å²) in [6.07, 6.45) is 37.7. The van der Waals surface area contributed by atoms with Gasteiger partial charge in [-0.3, -0.25) is 4.79 Å². The number of hydrogen-bond acceptors (Lipinski definition) is 9. The standard InChI is InChI=1S/C64H111NO9/c1-3-5-7-9-11-13-15-17-18-19-20-21-22-23-24-25-26-27-29-31-33-35-43-49-59(68)65-56(60(69)57(67)48-42-34-32-30-28-16-14-12-10-8-6-4-2)53-73-64-63(72-52-55-46-40-37-41-47-55)62(61(70)58(50-66)74-64)71-51-54-44-38-36-39-45-54/h36-41,44-47,56-58,60-64,66-67,69-70H,3-35,42-43,48-53H2,1-2H3,(H,65,68)/t56-,57+,58?,60-,61-,62?,63?,64-/m0/s1. The lowest BCUT2D eigenvalue weighted by molar-refractivity contribution is -0.321. The Hall–Kier alpha value is -2.41. The van der Waals surface area contributed by atoms with Crippen molar-refractivity contribution in [2.24, 2.45) is 0 Å². The molecule has 1 fully saturated rings. The second kappa shape index (κ2) is 45.6. The predicted molar refractivity (Wildman–Crippen MR) is 304 cm³/mol. The lowest BCUT2D eigenvalue weighted by atomic mass is 9.97. The zero-order valence-electron chi connectivity index (χ0n) is 47.2. The number of rotatable bonds is 50. The third-order valence-electron chi connectivity index (χ3n) is 15.3. The van der Waals surface area contributed by atoms with E-state index in [1.165, 1.54) is 186 Å². The Morgan fingerprint density at radius 1 is 0.514 bits per heavy atom. The van der Waals surface area contributed by atoms with Crippen LogP contribution in [0.5, 0.6) is 0 Å². The quantitative estimate of drug-likeness (QED) is 0.0409. The Morgan fingerprint density at radius 3 is 1.27 bits per heavy atom. The van der Waals surface area contributed by atoms with Crippen LogP contribution in [-0.4, -0.2) is 88.5 Å². The van der Waals surface area contributed by atoms with Crippen LogP contribution < -0.4 is 5.32 Å². The highest BCUT2D eigenvalue weighted by Crippen LogP contribution is 2.29. The fraction of sp³-hybridized carbons (Fsp3) is 0.797. The molecule has 0 radical (unpaired) electrons. The number of nitrogens with one attached hydrogen (secondary N) is 1. The summed E-state index contributed by atoms with van der Waals surface area (Å²) >= 11 is 0. The molecule has 5 N–H and O–H groups in total. The Kier molecular flexibility index (Phi) is 40.6. The van der Waals surface area contributed by atoms with E-state index >= 15 is 0 Å². The molecule has 1 saturated heterocycles. The molecule has 8 atom stereocenters. The molecule has 74 heavy (non-hydrogen) atoms. The van der Waals surface area contributed by atoms with Crippen molar-refractivity contribution in [1.29, 1.82) is 0 Å². The highest BCUT2D eigenvalue weighted by atomic mass is 16.7. The number of carbonyl (C=O) groups is 1. The van der Waals surface area contributed by atoms with Crippen molar-refractivity contribution in [2.75, 3.05) is 13.2 Å². The van der Waals surface area contributed by atoms with Gasteiger partial charge in [0.2, 0.25) is 5.91 Å². The van der Waals surface area contributed by atoms with Gasteiger partial charge in [0.25, 0.3) is 0 Å². The molecule has 3 unspecified atom stereocenters. The summed E-state index contributed by atoms with van der Waals surface area (Å²) in [6.45, 7) is 4.21. The number of amides is 1. The van der Waals surface area contributed by atoms with Crippen LogP contribution in [0.4, 0.5) is 0 Å². The molecule has 2 aromatic carbocycles. The molecule has 1 heterocycles. The van der Waals surface area contributed by atoms with Gasteiger partial charge in [0.1, 0.15) is 30.5 Å². The van der Waals surface area contributed by atoms with Crippen molar-refractivity contribution in [3.8, 4) is 0 Å². The van der Waals surface area contributed by atoms with Gasteiger partial charge in [0, 0.05) is 6.42 Å². The van der Waals surface area contributed by atoms with Gasteiger partial charge in [-0.25, -0.2) is 0 Å². The number of unbranched alkanes of at least 4 members (excludes halogenated alkanes) is 33. The molecular formula is C64H111NO9. The first-order valence-corrected chi connectivity index (χ1v) is 30.9. The van der Waals surface area contributed by atoms with Crippen molar-refractivity contribution < 1.29 is 44.2 Å². The molecule has 0 aromatic heterocycles. The number of benzene rings is 2. The van der Waals surface area contributed by atoms with Crippen LogP contribution in [0, 0.1) is 0 Å². The van der Waals surface area contributed by atoms with E-state index in [1.54, 1.807) is 0 Å². The first-order valence-electron chi connectivity index (χ1n) is 30.9. The van der Waals surface area contributed by atoms with Crippen molar-refractivity contribution in [3.05, 3.63) is 71.8 Å². The fourth-order valence-electron chi connectivity index (χ4n) is 10.5. The van der Waals surface area contributed by atoms with Gasteiger partial charge in [-0.2, -0.15) is 0 Å². The van der Waals surface area contributed by atoms with Crippen LogP contribution in [0.3, 0.4) is 0 Å². The van der Waals surface area contributed by atoms with Gasteiger partial charge in [-0.15, -0.1) is 0 Å². The molecule has 10 heteroatoms. The maximum atomic E-state index is 13.6. The maximum absolute atomic E-state index is 13.6. The highest BCUT2D eigenvalue weighted by molar-refractivity contribution is 5.76. The molecule has 3 rings (SSSR count). The van der Waals surface area contributed by atoms with E-state index < -0.39 is 55.6 Å². The summed E-state index contributed by atoms with van der Waals surface area (Å²) < 4.78 is 25.4. The number of aliphatic hydroxyl groups excluding tert-OH is 4. The summed E-state index contributed by atoms with van der Waals surface area (Å²) in [6, 6.07) is 18.3. The van der Waals surface area contributed by atoms with Crippen molar-refractivity contribution in [3.63, 3.8) is 0 Å². The minimum Gasteiger partial charge on any atom is -0.394 e. The average Bonchev–Trinajstić information content (AvgIpc) is 3.42. The van der Waals surface area contributed by atoms with Gasteiger partial charge in [0.05, 0.1) is 38.6 Å². The van der Waals surface area contributed by atoms with E-state index in [1.807, 2.05) is 60.7 Å². The summed E-state index contributed by atoms with van der Waals surface area (Å²) in [5, 5.41) is 47.9. The first-order chi connectivity index (χ1) is 36.4.